The number of hydrogen-bond acceptors (Lipinski definition) is 6. The molecule has 1 aromatic heterocycles. The molecule has 0 unspecified atom stereocenters. The van der Waals surface area contributed by atoms with Gasteiger partial charge in [0.2, 0.25) is 0 Å². The zero-order valence-electron chi connectivity index (χ0n) is 11.4. The van der Waals surface area contributed by atoms with E-state index < -0.39 is 11.4 Å². The van der Waals surface area contributed by atoms with Crippen molar-refractivity contribution >= 4 is 5.97 Å². The van der Waals surface area contributed by atoms with Gasteiger partial charge in [0.1, 0.15) is 11.6 Å². The number of aliphatic hydroxyl groups is 1. The Hall–Kier alpha value is -2.42. The molecule has 104 valence electrons. The van der Waals surface area contributed by atoms with Crippen molar-refractivity contribution in [1.82, 2.24) is 9.97 Å². The Morgan fingerprint density at radius 2 is 2.15 bits per heavy atom. The second kappa shape index (κ2) is 5.29. The Labute approximate surface area is 116 Å². The molecule has 0 bridgehead atoms. The summed E-state index contributed by atoms with van der Waals surface area (Å²) >= 11 is 0. The molecule has 0 spiro atoms. The van der Waals surface area contributed by atoms with Crippen LogP contribution in [0.2, 0.25) is 0 Å². The van der Waals surface area contributed by atoms with Gasteiger partial charge >= 0.3 is 5.97 Å². The summed E-state index contributed by atoms with van der Waals surface area (Å²) < 4.78 is 4.66. The van der Waals surface area contributed by atoms with Gasteiger partial charge in [-0.15, -0.1) is 0 Å². The Bertz CT molecular complexity index is 601. The largest absolute Gasteiger partial charge is 0.512 e. The number of carbonyl (C=O) groups is 1. The van der Waals surface area contributed by atoms with Crippen LogP contribution in [0.15, 0.2) is 23.7 Å². The van der Waals surface area contributed by atoms with Crippen LogP contribution in [0.25, 0.3) is 0 Å². The van der Waals surface area contributed by atoms with Crippen LogP contribution >= 0.6 is 0 Å². The molecule has 1 N–H and O–H groups in total. The van der Waals surface area contributed by atoms with Crippen molar-refractivity contribution in [3.05, 3.63) is 35.1 Å². The van der Waals surface area contributed by atoms with E-state index in [2.05, 4.69) is 20.8 Å². The Balaban J connectivity index is 2.42. The second-order valence-corrected chi connectivity index (χ2v) is 4.81. The smallest absolute Gasteiger partial charge is 0.337 e. The molecular formula is C14H15N3O3. The van der Waals surface area contributed by atoms with Gasteiger partial charge in [-0.05, 0) is 13.3 Å². The lowest BCUT2D eigenvalue weighted by Crippen LogP contribution is -2.31. The van der Waals surface area contributed by atoms with Crippen molar-refractivity contribution < 1.29 is 14.6 Å². The maximum Gasteiger partial charge on any atom is 0.337 e. The number of allylic oxidation sites excluding steroid dienone is 1. The van der Waals surface area contributed by atoms with Crippen molar-refractivity contribution in [2.24, 2.45) is 0 Å². The molecule has 0 fully saturated rings. The number of rotatable bonds is 2. The van der Waals surface area contributed by atoms with E-state index in [1.165, 1.54) is 7.11 Å². The van der Waals surface area contributed by atoms with Crippen molar-refractivity contribution in [3.8, 4) is 6.07 Å². The molecule has 1 aliphatic carbocycles. The van der Waals surface area contributed by atoms with Crippen molar-refractivity contribution in [2.45, 2.75) is 31.6 Å². The predicted octanol–water partition coefficient (Wildman–Crippen LogP) is 1.72. The quantitative estimate of drug-likeness (QED) is 0.824. The summed E-state index contributed by atoms with van der Waals surface area (Å²) in [5, 5.41) is 19.4. The lowest BCUT2D eigenvalue weighted by molar-refractivity contribution is -0.136. The van der Waals surface area contributed by atoms with Gasteiger partial charge in [0.05, 0.1) is 24.2 Å². The van der Waals surface area contributed by atoms with Gasteiger partial charge in [-0.2, -0.15) is 5.26 Å². The molecule has 0 saturated carbocycles. The molecular weight excluding hydrogens is 258 g/mol. The van der Waals surface area contributed by atoms with Gasteiger partial charge in [-0.25, -0.2) is 14.8 Å². The van der Waals surface area contributed by atoms with E-state index >= 15 is 0 Å². The highest BCUT2D eigenvalue weighted by molar-refractivity contribution is 5.89. The summed E-state index contributed by atoms with van der Waals surface area (Å²) in [6.07, 6.45) is 3.98. The van der Waals surface area contributed by atoms with Crippen LogP contribution in [0.5, 0.6) is 0 Å². The van der Waals surface area contributed by atoms with Crippen molar-refractivity contribution in [3.63, 3.8) is 0 Å². The average Bonchev–Trinajstić information content (AvgIpc) is 2.48. The predicted molar refractivity (Wildman–Crippen MR) is 69.6 cm³/mol. The van der Waals surface area contributed by atoms with Crippen LogP contribution in [-0.4, -0.2) is 28.2 Å². The summed E-state index contributed by atoms with van der Waals surface area (Å²) in [4.78, 5) is 19.9. The first kappa shape index (κ1) is 14.0. The minimum absolute atomic E-state index is 0.00393. The molecule has 1 atom stereocenters. The normalized spacial score (nSPS) is 22.2. The van der Waals surface area contributed by atoms with E-state index in [4.69, 9.17) is 0 Å². The topological polar surface area (TPSA) is 96.1 Å². The second-order valence-electron chi connectivity index (χ2n) is 4.81. The first-order valence-electron chi connectivity index (χ1n) is 6.22. The Kier molecular flexibility index (Phi) is 3.70. The van der Waals surface area contributed by atoms with Crippen LogP contribution < -0.4 is 0 Å². The fourth-order valence-corrected chi connectivity index (χ4v) is 2.33. The third-order valence-corrected chi connectivity index (χ3v) is 3.59. The van der Waals surface area contributed by atoms with Crippen molar-refractivity contribution in [2.75, 3.05) is 7.11 Å². The number of aromatic nitrogens is 2. The van der Waals surface area contributed by atoms with Gasteiger partial charge in [0, 0.05) is 30.8 Å². The summed E-state index contributed by atoms with van der Waals surface area (Å²) in [6, 6.07) is 2.25. The van der Waals surface area contributed by atoms with E-state index in [1.807, 2.05) is 0 Å². The molecule has 0 saturated heterocycles. The number of aliphatic hydroxyl groups excluding tert-OH is 1. The highest BCUT2D eigenvalue weighted by Gasteiger charge is 2.40. The highest BCUT2D eigenvalue weighted by Crippen LogP contribution is 2.40. The van der Waals surface area contributed by atoms with Gasteiger partial charge in [-0.3, -0.25) is 0 Å². The molecule has 6 nitrogen and oxygen atoms in total. The summed E-state index contributed by atoms with van der Waals surface area (Å²) in [5.74, 6) is 0.00911. The number of ether oxygens (including phenoxy) is 1. The Morgan fingerprint density at radius 1 is 1.50 bits per heavy atom. The molecule has 2 rings (SSSR count). The molecule has 0 radical (unpaired) electrons. The molecule has 1 aromatic rings. The number of hydrogen-bond donors (Lipinski definition) is 1. The number of carbonyl (C=O) groups excluding carboxylic acids is 1. The molecule has 1 heterocycles. The number of esters is 1. The monoisotopic (exact) mass is 273 g/mol. The maximum absolute atomic E-state index is 11.7. The summed E-state index contributed by atoms with van der Waals surface area (Å²) in [7, 11) is 1.25. The molecule has 0 aromatic carbocycles. The molecule has 0 aliphatic heterocycles. The number of aryl methyl sites for hydroxylation is 1. The number of nitrogens with zero attached hydrogens (tertiary/aromatic N) is 3. The summed E-state index contributed by atoms with van der Waals surface area (Å²) in [5.41, 5.74) is -0.0934. The van der Waals surface area contributed by atoms with E-state index in [9.17, 15) is 15.2 Å². The SMILES string of the molecule is COC(=O)C1=C(O)CC[C@](C#N)(c2cnc(C)nc2)C1. The highest BCUT2D eigenvalue weighted by atomic mass is 16.5. The van der Waals surface area contributed by atoms with E-state index in [0.717, 1.165) is 0 Å². The van der Waals surface area contributed by atoms with Gasteiger partial charge in [0.15, 0.2) is 0 Å². The zero-order valence-corrected chi connectivity index (χ0v) is 11.4. The van der Waals surface area contributed by atoms with Crippen LogP contribution in [0.1, 0.15) is 30.7 Å². The lowest BCUT2D eigenvalue weighted by atomic mass is 9.70. The van der Waals surface area contributed by atoms with Crippen LogP contribution in [0.3, 0.4) is 0 Å². The first-order valence-corrected chi connectivity index (χ1v) is 6.22. The van der Waals surface area contributed by atoms with Gasteiger partial charge in [-0.1, -0.05) is 0 Å². The first-order chi connectivity index (χ1) is 9.52. The van der Waals surface area contributed by atoms with Crippen molar-refractivity contribution in [1.29, 1.82) is 5.26 Å². The molecule has 6 heteroatoms. The van der Waals surface area contributed by atoms with Crippen LogP contribution in [0.4, 0.5) is 0 Å². The number of methoxy groups -OCH3 is 1. The average molecular weight is 273 g/mol. The van der Waals surface area contributed by atoms with E-state index in [0.29, 0.717) is 17.8 Å². The Morgan fingerprint density at radius 3 is 2.70 bits per heavy atom. The maximum atomic E-state index is 11.7. The van der Waals surface area contributed by atoms with Crippen LogP contribution in [0, 0.1) is 18.3 Å². The lowest BCUT2D eigenvalue weighted by Gasteiger charge is -2.31. The minimum atomic E-state index is -0.899. The van der Waals surface area contributed by atoms with Gasteiger partial charge < -0.3 is 9.84 Å². The number of nitriles is 1. The fourth-order valence-electron chi connectivity index (χ4n) is 2.33. The third kappa shape index (κ3) is 2.35. The molecule has 1 aliphatic rings. The van der Waals surface area contributed by atoms with E-state index in [1.54, 1.807) is 19.3 Å². The standard InChI is InChI=1S/C14H15N3O3/c1-9-16-6-10(7-17-9)14(8-15)4-3-12(18)11(5-14)13(19)20-2/h6-7,18H,3-5H2,1-2H3/t14-/m0/s1. The zero-order chi connectivity index (χ0) is 14.8. The molecule has 0 amide bonds. The van der Waals surface area contributed by atoms with Crippen LogP contribution in [-0.2, 0) is 14.9 Å². The molecule has 20 heavy (non-hydrogen) atoms. The fraction of sp³-hybridized carbons (Fsp3) is 0.429. The summed E-state index contributed by atoms with van der Waals surface area (Å²) in [6.45, 7) is 1.76. The van der Waals surface area contributed by atoms with Gasteiger partial charge in [0.25, 0.3) is 0 Å². The van der Waals surface area contributed by atoms with E-state index in [-0.39, 0.29) is 24.2 Å². The third-order valence-electron chi connectivity index (χ3n) is 3.59. The minimum Gasteiger partial charge on any atom is -0.512 e.